The first-order valence-electron chi connectivity index (χ1n) is 9.58. The monoisotopic (exact) mass is 446 g/mol. The first-order valence-corrected chi connectivity index (χ1v) is 10.6. The van der Waals surface area contributed by atoms with Crippen molar-refractivity contribution in [2.24, 2.45) is 0 Å². The van der Waals surface area contributed by atoms with Gasteiger partial charge in [-0.2, -0.15) is 0 Å². The number of anilines is 2. The highest BCUT2D eigenvalue weighted by Gasteiger charge is 2.23. The number of amides is 1. The molecule has 1 aliphatic heterocycles. The summed E-state index contributed by atoms with van der Waals surface area (Å²) in [7, 11) is 0. The summed E-state index contributed by atoms with van der Waals surface area (Å²) in [5.41, 5.74) is -0.549. The van der Waals surface area contributed by atoms with Gasteiger partial charge in [0.05, 0.1) is 29.2 Å². The number of nitrogens with one attached hydrogen (secondary N) is 1. The molecule has 1 N–H and O–H groups in total. The Morgan fingerprint density at radius 3 is 2.81 bits per heavy atom. The van der Waals surface area contributed by atoms with Crippen LogP contribution in [0.4, 0.5) is 21.7 Å². The lowest BCUT2D eigenvalue weighted by Crippen LogP contribution is -2.23. The fourth-order valence-electron chi connectivity index (χ4n) is 3.27. The molecule has 2 aromatic heterocycles. The Morgan fingerprint density at radius 1 is 1.29 bits per heavy atom. The van der Waals surface area contributed by atoms with Crippen LogP contribution in [0.15, 0.2) is 46.2 Å². The number of halogens is 1. The predicted molar refractivity (Wildman–Crippen MR) is 112 cm³/mol. The van der Waals surface area contributed by atoms with E-state index in [4.69, 9.17) is 4.42 Å². The van der Waals surface area contributed by atoms with E-state index >= 15 is 0 Å². The zero-order valence-corrected chi connectivity index (χ0v) is 17.2. The lowest BCUT2D eigenvalue weighted by atomic mass is 10.2. The molecule has 0 bridgehead atoms. The lowest BCUT2D eigenvalue weighted by Gasteiger charge is -2.17. The van der Waals surface area contributed by atoms with E-state index in [0.29, 0.717) is 17.6 Å². The molecule has 0 radical (unpaired) electrons. The van der Waals surface area contributed by atoms with Gasteiger partial charge in [0.1, 0.15) is 11.6 Å². The Balaban J connectivity index is 1.47. The average molecular weight is 446 g/mol. The van der Waals surface area contributed by atoms with Crippen molar-refractivity contribution in [3.8, 4) is 0 Å². The van der Waals surface area contributed by atoms with E-state index in [-0.39, 0.29) is 17.1 Å². The summed E-state index contributed by atoms with van der Waals surface area (Å²) in [6.45, 7) is 2.18. The van der Waals surface area contributed by atoms with Gasteiger partial charge in [-0.05, 0) is 31.0 Å². The number of nitro groups is 1. The van der Waals surface area contributed by atoms with Gasteiger partial charge >= 0.3 is 0 Å². The first-order chi connectivity index (χ1) is 15.0. The zero-order chi connectivity index (χ0) is 21.8. The maximum absolute atomic E-state index is 13.9. The zero-order valence-electron chi connectivity index (χ0n) is 16.4. The van der Waals surface area contributed by atoms with Crippen molar-refractivity contribution in [1.82, 2.24) is 14.8 Å². The van der Waals surface area contributed by atoms with E-state index in [0.717, 1.165) is 61.7 Å². The second kappa shape index (κ2) is 9.16. The quantitative estimate of drug-likeness (QED) is 0.318. The maximum Gasteiger partial charge on any atom is 0.271 e. The van der Waals surface area contributed by atoms with Gasteiger partial charge in [0.15, 0.2) is 5.16 Å². The molecule has 162 valence electrons. The van der Waals surface area contributed by atoms with Crippen LogP contribution in [0.3, 0.4) is 0 Å². The predicted octanol–water partition coefficient (Wildman–Crippen LogP) is 3.30. The van der Waals surface area contributed by atoms with Gasteiger partial charge < -0.3 is 14.6 Å². The second-order valence-corrected chi connectivity index (χ2v) is 7.84. The molecule has 3 heterocycles. The number of rotatable bonds is 8. The number of thioether (sulfide) groups is 1. The molecule has 1 fully saturated rings. The smallest absolute Gasteiger partial charge is 0.271 e. The summed E-state index contributed by atoms with van der Waals surface area (Å²) in [6.07, 6.45) is 3.74. The average Bonchev–Trinajstić information content (AvgIpc) is 3.50. The number of non-ortho nitro benzene ring substituents is 1. The van der Waals surface area contributed by atoms with Crippen LogP contribution in [0, 0.1) is 15.9 Å². The number of furan rings is 1. The number of carbonyl (C=O) groups is 1. The Hall–Kier alpha value is -3.41. The molecule has 12 heteroatoms. The lowest BCUT2D eigenvalue weighted by molar-refractivity contribution is -0.384. The molecule has 4 rings (SSSR count). The van der Waals surface area contributed by atoms with Crippen molar-refractivity contribution < 1.29 is 18.5 Å². The molecule has 31 heavy (non-hydrogen) atoms. The number of nitrogens with zero attached hydrogens (tertiary/aromatic N) is 5. The van der Waals surface area contributed by atoms with Crippen molar-refractivity contribution in [2.75, 3.05) is 29.1 Å². The van der Waals surface area contributed by atoms with Crippen LogP contribution in [-0.4, -0.2) is 44.4 Å². The number of carbonyl (C=O) groups excluding carboxylic acids is 1. The van der Waals surface area contributed by atoms with Crippen molar-refractivity contribution in [2.45, 2.75) is 24.5 Å². The van der Waals surface area contributed by atoms with Crippen molar-refractivity contribution in [1.29, 1.82) is 0 Å². The third-order valence-corrected chi connectivity index (χ3v) is 5.71. The van der Waals surface area contributed by atoms with E-state index in [2.05, 4.69) is 20.4 Å². The van der Waals surface area contributed by atoms with Crippen molar-refractivity contribution in [3.05, 3.63) is 58.3 Å². The highest BCUT2D eigenvalue weighted by molar-refractivity contribution is 7.99. The van der Waals surface area contributed by atoms with Gasteiger partial charge in [-0.3, -0.25) is 19.5 Å². The molecule has 1 aliphatic rings. The highest BCUT2D eigenvalue weighted by Crippen LogP contribution is 2.27. The van der Waals surface area contributed by atoms with Crippen molar-refractivity contribution in [3.63, 3.8) is 0 Å². The van der Waals surface area contributed by atoms with Gasteiger partial charge in [0.2, 0.25) is 11.9 Å². The summed E-state index contributed by atoms with van der Waals surface area (Å²) in [5, 5.41) is 22.3. The summed E-state index contributed by atoms with van der Waals surface area (Å²) >= 11 is 1.14. The van der Waals surface area contributed by atoms with E-state index in [1.807, 2.05) is 10.6 Å². The largest absolute Gasteiger partial charge is 0.467 e. The minimum atomic E-state index is -0.749. The topological polar surface area (TPSA) is 119 Å². The number of aromatic nitrogens is 3. The number of nitro benzene ring substituents is 1. The SMILES string of the molecule is O=C(CSc1nnc(N2CCCC2)n1Cc1ccco1)Nc1cc([N+](=O)[O-])ccc1F. The maximum atomic E-state index is 13.9. The Labute approximate surface area is 180 Å². The molecule has 0 aliphatic carbocycles. The van der Waals surface area contributed by atoms with E-state index in [1.165, 1.54) is 0 Å². The Kier molecular flexibility index (Phi) is 6.16. The van der Waals surface area contributed by atoms with E-state index in [9.17, 15) is 19.3 Å². The molecule has 0 spiro atoms. The number of hydrogen-bond acceptors (Lipinski definition) is 8. The fourth-order valence-corrected chi connectivity index (χ4v) is 4.01. The minimum Gasteiger partial charge on any atom is -0.467 e. The molecule has 1 aromatic carbocycles. The molecular weight excluding hydrogens is 427 g/mol. The van der Waals surface area contributed by atoms with Crippen LogP contribution in [0.2, 0.25) is 0 Å². The van der Waals surface area contributed by atoms with Crippen LogP contribution in [-0.2, 0) is 11.3 Å². The van der Waals surface area contributed by atoms with Gasteiger partial charge in [0, 0.05) is 25.2 Å². The highest BCUT2D eigenvalue weighted by atomic mass is 32.2. The van der Waals surface area contributed by atoms with Crippen LogP contribution >= 0.6 is 11.8 Å². The van der Waals surface area contributed by atoms with Crippen molar-refractivity contribution >= 4 is 35.0 Å². The van der Waals surface area contributed by atoms with Crippen LogP contribution in [0.25, 0.3) is 0 Å². The molecular formula is C19H19FN6O4S. The molecule has 3 aromatic rings. The van der Waals surface area contributed by atoms with Gasteiger partial charge in [-0.15, -0.1) is 10.2 Å². The van der Waals surface area contributed by atoms with Crippen LogP contribution in [0.1, 0.15) is 18.6 Å². The standard InChI is InChI=1S/C19H19FN6O4S/c20-15-6-5-13(26(28)29)10-16(15)21-17(27)12-31-19-23-22-18(24-7-1-2-8-24)25(19)11-14-4-3-9-30-14/h3-6,9-10H,1-2,7-8,11-12H2,(H,21,27). The summed E-state index contributed by atoms with van der Waals surface area (Å²) in [6, 6.07) is 6.62. The molecule has 0 atom stereocenters. The summed E-state index contributed by atoms with van der Waals surface area (Å²) < 4.78 is 21.3. The Morgan fingerprint density at radius 2 is 2.10 bits per heavy atom. The summed E-state index contributed by atoms with van der Waals surface area (Å²) in [4.78, 5) is 24.7. The molecule has 1 saturated heterocycles. The third kappa shape index (κ3) is 4.85. The normalized spacial score (nSPS) is 13.5. The first kappa shape index (κ1) is 20.8. The van der Waals surface area contributed by atoms with Gasteiger partial charge in [-0.25, -0.2) is 4.39 Å². The summed E-state index contributed by atoms with van der Waals surface area (Å²) in [5.74, 6) is 0.103. The number of benzene rings is 1. The molecule has 0 saturated carbocycles. The third-order valence-electron chi connectivity index (χ3n) is 4.75. The fraction of sp³-hybridized carbons (Fsp3) is 0.316. The van der Waals surface area contributed by atoms with Crippen LogP contribution in [0.5, 0.6) is 0 Å². The van der Waals surface area contributed by atoms with E-state index < -0.39 is 16.6 Å². The molecule has 1 amide bonds. The van der Waals surface area contributed by atoms with Gasteiger partial charge in [-0.1, -0.05) is 11.8 Å². The van der Waals surface area contributed by atoms with Gasteiger partial charge in [0.25, 0.3) is 5.69 Å². The number of hydrogen-bond donors (Lipinski definition) is 1. The molecule has 10 nitrogen and oxygen atoms in total. The van der Waals surface area contributed by atoms with E-state index in [1.54, 1.807) is 12.3 Å². The minimum absolute atomic E-state index is 0.0710. The second-order valence-electron chi connectivity index (χ2n) is 6.90. The Bertz CT molecular complexity index is 1080. The van der Waals surface area contributed by atoms with Crippen LogP contribution < -0.4 is 10.2 Å². The molecule has 0 unspecified atom stereocenters.